The third-order valence-electron chi connectivity index (χ3n) is 21.4. The van der Waals surface area contributed by atoms with Gasteiger partial charge in [-0.1, -0.05) is 83.8 Å². The van der Waals surface area contributed by atoms with Crippen molar-refractivity contribution in [2.75, 3.05) is 45.7 Å². The molecule has 18 atom stereocenters. The summed E-state index contributed by atoms with van der Waals surface area (Å²) in [6.07, 6.45) is 12.2. The standard InChI is InChI=1S/C63H90N2O13S2/c1-4-74-51(69)18-15-43-32-44-22-29-75-53(44)55-54(43)77-57-63(73)52-45(14-16-47(67)46(52)37-66)35-61(72,56(63)70)62(78-57)38-79-80-60(49(65-28-30-76-55)17-13-39(2)9-8-12-50(62)68)27-26-58(23-19-42(33-58)36-64-3)48(60)21-25-59(71)24-20-41(34-59)31-40-10-6-5-7-11-40/h5-7,10-11,14,16,22,29,32,39,41-42,45-50,52,56-57,64-68,70-73H,4,8-9,12-13,15,17-21,23-28,30-31,33-38H2,1-3H3. The van der Waals surface area contributed by atoms with E-state index in [0.717, 1.165) is 90.0 Å². The van der Waals surface area contributed by atoms with E-state index in [-0.39, 0.29) is 79.4 Å². The zero-order chi connectivity index (χ0) is 56.1. The van der Waals surface area contributed by atoms with E-state index < -0.39 is 82.1 Å². The van der Waals surface area contributed by atoms with Gasteiger partial charge in [-0.25, -0.2) is 0 Å². The molecule has 4 saturated carbocycles. The molecule has 3 spiro atoms. The molecule has 1 aromatic heterocycles. The SMILES string of the molecule is CCOC(=O)CCc1cc2ccoc2c2c1OC1OC3(CSSC4(CCC5(CCC(CNC)C5)C4CCC4(O)CCC(Cc5ccccc5)C4)C(CCC(C)CCCC3O)NCCO2)C2(O)CC3C=CC(O)C(CO)C3C1(O)C2O. The Balaban J connectivity index is 1.05. The molecule has 17 heteroatoms. The van der Waals surface area contributed by atoms with E-state index in [1.165, 1.54) is 5.56 Å². The number of esters is 1. The first-order valence-electron chi connectivity index (χ1n) is 30.4. The van der Waals surface area contributed by atoms with Gasteiger partial charge in [-0.3, -0.25) is 4.79 Å². The average Bonchev–Trinajstić information content (AvgIpc) is 4.24. The Morgan fingerprint density at radius 1 is 0.925 bits per heavy atom. The molecular weight excluding hydrogens is 1060 g/mol. The van der Waals surface area contributed by atoms with Crippen molar-refractivity contribution in [1.29, 1.82) is 0 Å². The minimum Gasteiger partial charge on any atom is -0.485 e. The largest absolute Gasteiger partial charge is 0.485 e. The second-order valence-corrected chi connectivity index (χ2v) is 28.7. The van der Waals surface area contributed by atoms with Crippen molar-refractivity contribution in [1.82, 2.24) is 10.6 Å². The highest BCUT2D eigenvalue weighted by Crippen LogP contribution is 2.69. The molecule has 8 aliphatic rings. The third kappa shape index (κ3) is 10.6. The Morgan fingerprint density at radius 2 is 1.75 bits per heavy atom. The second-order valence-electron chi connectivity index (χ2n) is 26.1. The molecule has 2 saturated heterocycles. The number of hydrogen-bond donors (Lipinski definition) is 9. The van der Waals surface area contributed by atoms with Crippen molar-refractivity contribution in [2.24, 2.45) is 46.8 Å². The van der Waals surface area contributed by atoms with Crippen molar-refractivity contribution in [3.63, 3.8) is 0 Å². The van der Waals surface area contributed by atoms with Crippen molar-refractivity contribution in [2.45, 2.75) is 194 Å². The molecule has 9 N–H and O–H groups in total. The number of allylic oxidation sites excluding steroid dienone is 1. The van der Waals surface area contributed by atoms with Crippen LogP contribution in [0, 0.1) is 46.8 Å². The summed E-state index contributed by atoms with van der Waals surface area (Å²) in [6.45, 7) is 5.25. The molecule has 3 aromatic rings. The van der Waals surface area contributed by atoms with E-state index in [1.54, 1.807) is 36.1 Å². The topological polar surface area (TPSA) is 233 Å². The van der Waals surface area contributed by atoms with Crippen LogP contribution in [0.5, 0.6) is 11.5 Å². The molecule has 18 unspecified atom stereocenters. The highest BCUT2D eigenvalue weighted by Gasteiger charge is 2.78. The van der Waals surface area contributed by atoms with Crippen LogP contribution in [0.3, 0.4) is 0 Å². The molecular formula is C63H90N2O13S2. The Bertz CT molecular complexity index is 2650. The van der Waals surface area contributed by atoms with E-state index in [2.05, 4.69) is 47.9 Å². The minimum absolute atomic E-state index is 0.00298. The van der Waals surface area contributed by atoms with Gasteiger partial charge < -0.3 is 69.7 Å². The summed E-state index contributed by atoms with van der Waals surface area (Å²) >= 11 is 0. The van der Waals surface area contributed by atoms with Crippen LogP contribution in [0.25, 0.3) is 11.0 Å². The van der Waals surface area contributed by atoms with Crippen molar-refractivity contribution >= 4 is 38.5 Å². The average molecular weight is 1150 g/mol. The van der Waals surface area contributed by atoms with Crippen LogP contribution in [0.4, 0.5) is 0 Å². The van der Waals surface area contributed by atoms with Crippen LogP contribution in [0.15, 0.2) is 65.3 Å². The maximum atomic E-state index is 13.8. The number of ether oxygens (including phenoxy) is 4. The number of hydrogen-bond acceptors (Lipinski definition) is 17. The van der Waals surface area contributed by atoms with E-state index in [9.17, 15) is 40.5 Å². The molecule has 11 rings (SSSR count). The number of aliphatic hydroxyl groups is 7. The normalized spacial score (nSPS) is 42.0. The van der Waals surface area contributed by atoms with Gasteiger partial charge in [-0.15, -0.1) is 0 Å². The number of fused-ring (bicyclic) bond motifs is 11. The second kappa shape index (κ2) is 23.9. The fourth-order valence-corrected chi connectivity index (χ4v) is 21.7. The van der Waals surface area contributed by atoms with Crippen LogP contribution in [0.2, 0.25) is 0 Å². The maximum Gasteiger partial charge on any atom is 0.306 e. The zero-order valence-corrected chi connectivity index (χ0v) is 48.9. The van der Waals surface area contributed by atoms with E-state index in [4.69, 9.17) is 23.4 Å². The molecule has 6 fully saturated rings. The van der Waals surface area contributed by atoms with Crippen molar-refractivity contribution < 1.29 is 63.9 Å². The summed E-state index contributed by atoms with van der Waals surface area (Å²) in [5, 5.41) is 97.7. The lowest BCUT2D eigenvalue weighted by molar-refractivity contribution is -0.424. The minimum atomic E-state index is -2.50. The predicted octanol–water partition coefficient (Wildman–Crippen LogP) is 7.80. The fraction of sp³-hybridized carbons (Fsp3) is 0.730. The number of aliphatic hydroxyl groups excluding tert-OH is 4. The monoisotopic (exact) mass is 1150 g/mol. The van der Waals surface area contributed by atoms with E-state index in [0.29, 0.717) is 47.8 Å². The highest BCUT2D eigenvalue weighted by atomic mass is 33.1. The Hall–Kier alpha value is -2.91. The van der Waals surface area contributed by atoms with Crippen LogP contribution >= 0.6 is 21.6 Å². The predicted molar refractivity (Wildman–Crippen MR) is 309 cm³/mol. The summed E-state index contributed by atoms with van der Waals surface area (Å²) < 4.78 is 32.7. The van der Waals surface area contributed by atoms with Crippen molar-refractivity contribution in [3.05, 3.63) is 72.0 Å². The van der Waals surface area contributed by atoms with Gasteiger partial charge in [-0.05, 0) is 182 Å². The summed E-state index contributed by atoms with van der Waals surface area (Å²) in [6, 6.07) is 14.3. The number of rotatable bonds is 12. The summed E-state index contributed by atoms with van der Waals surface area (Å²) in [4.78, 5) is 13.1. The van der Waals surface area contributed by atoms with Gasteiger partial charge in [-0.2, -0.15) is 0 Å². The smallest absolute Gasteiger partial charge is 0.306 e. The van der Waals surface area contributed by atoms with Crippen LogP contribution in [-0.2, 0) is 27.1 Å². The van der Waals surface area contributed by atoms with Gasteiger partial charge >= 0.3 is 5.97 Å². The van der Waals surface area contributed by atoms with Gasteiger partial charge in [0.2, 0.25) is 12.0 Å². The van der Waals surface area contributed by atoms with Crippen LogP contribution in [-0.4, -0.2) is 145 Å². The van der Waals surface area contributed by atoms with Gasteiger partial charge in [0, 0.05) is 53.3 Å². The molecule has 442 valence electrons. The first kappa shape index (κ1) is 58.8. The molecule has 4 heterocycles. The van der Waals surface area contributed by atoms with Crippen LogP contribution in [0.1, 0.15) is 134 Å². The first-order chi connectivity index (χ1) is 38.5. The van der Waals surface area contributed by atoms with Gasteiger partial charge in [0.05, 0.1) is 30.7 Å². The lowest BCUT2D eigenvalue weighted by atomic mass is 9.50. The number of carbonyl (C=O) groups is 1. The van der Waals surface area contributed by atoms with Gasteiger partial charge in [0.1, 0.15) is 23.9 Å². The van der Waals surface area contributed by atoms with E-state index in [1.807, 2.05) is 30.0 Å². The molecule has 5 aliphatic carbocycles. The van der Waals surface area contributed by atoms with Gasteiger partial charge in [0.25, 0.3) is 0 Å². The number of furan rings is 1. The Labute approximate surface area is 480 Å². The number of nitrogens with one attached hydrogen (secondary N) is 2. The zero-order valence-electron chi connectivity index (χ0n) is 47.3. The van der Waals surface area contributed by atoms with Gasteiger partial charge in [0.15, 0.2) is 16.9 Å². The third-order valence-corrected chi connectivity index (χ3v) is 24.8. The number of carbonyl (C=O) groups excluding carboxylic acids is 1. The maximum absolute atomic E-state index is 13.8. The quantitative estimate of drug-likeness (QED) is 0.0478. The first-order valence-corrected chi connectivity index (χ1v) is 32.7. The molecule has 3 aliphatic heterocycles. The summed E-state index contributed by atoms with van der Waals surface area (Å²) in [5.74, 6) is -1.53. The summed E-state index contributed by atoms with van der Waals surface area (Å²) in [7, 11) is 5.45. The Kier molecular flexibility index (Phi) is 17.6. The fourth-order valence-electron chi connectivity index (χ4n) is 17.5. The summed E-state index contributed by atoms with van der Waals surface area (Å²) in [5.41, 5.74) is -5.35. The number of benzene rings is 2. The molecule has 0 amide bonds. The van der Waals surface area contributed by atoms with Crippen molar-refractivity contribution in [3.8, 4) is 11.5 Å². The molecule has 80 heavy (non-hydrogen) atoms. The molecule has 5 bridgehead atoms. The highest BCUT2D eigenvalue weighted by molar-refractivity contribution is 8.77. The lowest BCUT2D eigenvalue weighted by Crippen LogP contribution is -2.86. The number of aryl methyl sites for hydroxylation is 1. The molecule has 0 radical (unpaired) electrons. The lowest BCUT2D eigenvalue weighted by Gasteiger charge is -2.67. The van der Waals surface area contributed by atoms with E-state index >= 15 is 0 Å². The Morgan fingerprint density at radius 3 is 2.55 bits per heavy atom. The van der Waals surface area contributed by atoms with Crippen LogP contribution < -0.4 is 20.1 Å². The molecule has 15 nitrogen and oxygen atoms in total. The molecule has 2 aromatic carbocycles.